The number of nitrogens with two attached hydrogens (primary N) is 1. The predicted octanol–water partition coefficient (Wildman–Crippen LogP) is 1.13. The van der Waals surface area contributed by atoms with Gasteiger partial charge in [0.25, 0.3) is 0 Å². The maximum atomic E-state index is 5.80. The van der Waals surface area contributed by atoms with E-state index in [2.05, 4.69) is 26.1 Å². The van der Waals surface area contributed by atoms with E-state index in [1.54, 1.807) is 0 Å². The van der Waals surface area contributed by atoms with Gasteiger partial charge in [-0.1, -0.05) is 13.8 Å². The average Bonchev–Trinajstić information content (AvgIpc) is 2.53. The topological polar surface area (TPSA) is 47.3 Å². The molecule has 0 aliphatic carbocycles. The molecule has 1 aliphatic rings. The van der Waals surface area contributed by atoms with Crippen molar-refractivity contribution in [1.82, 2.24) is 5.32 Å². The zero-order valence-corrected chi connectivity index (χ0v) is 9.62. The minimum Gasteiger partial charge on any atom is -0.374 e. The van der Waals surface area contributed by atoms with Crippen LogP contribution in [-0.4, -0.2) is 31.3 Å². The summed E-state index contributed by atoms with van der Waals surface area (Å²) in [5.74, 6) is 0.669. The van der Waals surface area contributed by atoms with Crippen LogP contribution in [-0.2, 0) is 4.74 Å². The van der Waals surface area contributed by atoms with E-state index in [9.17, 15) is 0 Å². The lowest BCUT2D eigenvalue weighted by atomic mass is 10.1. The Morgan fingerprint density at radius 3 is 2.57 bits per heavy atom. The van der Waals surface area contributed by atoms with Gasteiger partial charge in [-0.15, -0.1) is 0 Å². The Kier molecular flexibility index (Phi) is 4.85. The molecule has 0 radical (unpaired) electrons. The molecule has 0 aromatic rings. The quantitative estimate of drug-likeness (QED) is 0.699. The summed E-state index contributed by atoms with van der Waals surface area (Å²) in [5.41, 5.74) is 5.74. The first-order chi connectivity index (χ1) is 6.63. The molecule has 1 heterocycles. The molecule has 1 rings (SSSR count). The molecule has 1 fully saturated rings. The van der Waals surface area contributed by atoms with E-state index in [4.69, 9.17) is 10.5 Å². The maximum absolute atomic E-state index is 5.80. The van der Waals surface area contributed by atoms with Gasteiger partial charge in [0.1, 0.15) is 0 Å². The van der Waals surface area contributed by atoms with Crippen LogP contribution in [0.3, 0.4) is 0 Å². The van der Waals surface area contributed by atoms with Gasteiger partial charge in [-0.25, -0.2) is 0 Å². The van der Waals surface area contributed by atoms with Gasteiger partial charge in [-0.3, -0.25) is 0 Å². The highest BCUT2D eigenvalue weighted by molar-refractivity contribution is 4.83. The second kappa shape index (κ2) is 5.69. The van der Waals surface area contributed by atoms with Gasteiger partial charge in [0, 0.05) is 12.6 Å². The van der Waals surface area contributed by atoms with Crippen LogP contribution in [0, 0.1) is 5.92 Å². The van der Waals surface area contributed by atoms with Crippen molar-refractivity contribution in [3.05, 3.63) is 0 Å². The fraction of sp³-hybridized carbons (Fsp3) is 1.00. The van der Waals surface area contributed by atoms with Crippen molar-refractivity contribution in [3.8, 4) is 0 Å². The number of hydrogen-bond donors (Lipinski definition) is 2. The number of ether oxygens (including phenoxy) is 1. The monoisotopic (exact) mass is 200 g/mol. The summed E-state index contributed by atoms with van der Waals surface area (Å²) in [6, 6.07) is 0.336. The van der Waals surface area contributed by atoms with Crippen LogP contribution in [0.25, 0.3) is 0 Å². The first-order valence-corrected chi connectivity index (χ1v) is 5.72. The third-order valence-corrected chi connectivity index (χ3v) is 2.76. The Morgan fingerprint density at radius 1 is 1.43 bits per heavy atom. The van der Waals surface area contributed by atoms with Gasteiger partial charge in [0.15, 0.2) is 0 Å². The second-order valence-corrected chi connectivity index (χ2v) is 4.71. The Morgan fingerprint density at radius 2 is 2.14 bits per heavy atom. The molecule has 14 heavy (non-hydrogen) atoms. The van der Waals surface area contributed by atoms with Gasteiger partial charge >= 0.3 is 0 Å². The standard InChI is InChI=1S/C11H24N2O/c1-8(2)7-13-10(6-12)11-5-4-9(3)14-11/h8-11,13H,4-7,12H2,1-3H3. The van der Waals surface area contributed by atoms with Crippen LogP contribution < -0.4 is 11.1 Å². The average molecular weight is 200 g/mol. The van der Waals surface area contributed by atoms with E-state index in [0.29, 0.717) is 30.7 Å². The van der Waals surface area contributed by atoms with E-state index >= 15 is 0 Å². The molecule has 84 valence electrons. The molecule has 0 saturated carbocycles. The first-order valence-electron chi connectivity index (χ1n) is 5.72. The Labute approximate surface area is 87.4 Å². The summed E-state index contributed by atoms with van der Waals surface area (Å²) in [4.78, 5) is 0. The molecule has 3 nitrogen and oxygen atoms in total. The van der Waals surface area contributed by atoms with Gasteiger partial charge in [-0.05, 0) is 32.2 Å². The second-order valence-electron chi connectivity index (χ2n) is 4.71. The predicted molar refractivity (Wildman–Crippen MR) is 59.3 cm³/mol. The molecule has 1 saturated heterocycles. The summed E-state index contributed by atoms with van der Waals surface area (Å²) in [5, 5.41) is 3.48. The van der Waals surface area contributed by atoms with Crippen LogP contribution in [0.4, 0.5) is 0 Å². The largest absolute Gasteiger partial charge is 0.374 e. The van der Waals surface area contributed by atoms with Crippen molar-refractivity contribution < 1.29 is 4.74 Å². The van der Waals surface area contributed by atoms with Crippen LogP contribution in [0.5, 0.6) is 0 Å². The molecular formula is C11H24N2O. The Balaban J connectivity index is 2.30. The zero-order chi connectivity index (χ0) is 10.6. The Bertz CT molecular complexity index is 161. The van der Waals surface area contributed by atoms with E-state index < -0.39 is 0 Å². The van der Waals surface area contributed by atoms with Gasteiger partial charge in [0.2, 0.25) is 0 Å². The van der Waals surface area contributed by atoms with Crippen LogP contribution in [0.2, 0.25) is 0 Å². The van der Waals surface area contributed by atoms with E-state index in [0.717, 1.165) is 13.0 Å². The third-order valence-electron chi connectivity index (χ3n) is 2.76. The molecule has 0 bridgehead atoms. The minimum absolute atomic E-state index is 0.328. The first kappa shape index (κ1) is 12.0. The van der Waals surface area contributed by atoms with E-state index in [-0.39, 0.29) is 0 Å². The van der Waals surface area contributed by atoms with Crippen LogP contribution in [0.15, 0.2) is 0 Å². The lowest BCUT2D eigenvalue weighted by Gasteiger charge is -2.24. The zero-order valence-electron chi connectivity index (χ0n) is 9.62. The molecular weight excluding hydrogens is 176 g/mol. The highest BCUT2D eigenvalue weighted by Crippen LogP contribution is 2.21. The van der Waals surface area contributed by atoms with Crippen molar-refractivity contribution >= 4 is 0 Å². The lowest BCUT2D eigenvalue weighted by Crippen LogP contribution is -2.46. The Hall–Kier alpha value is -0.120. The summed E-state index contributed by atoms with van der Waals surface area (Å²) < 4.78 is 5.80. The van der Waals surface area contributed by atoms with Gasteiger partial charge in [0.05, 0.1) is 12.2 Å². The van der Waals surface area contributed by atoms with Crippen molar-refractivity contribution in [1.29, 1.82) is 0 Å². The molecule has 3 atom stereocenters. The van der Waals surface area contributed by atoms with Crippen molar-refractivity contribution in [2.75, 3.05) is 13.1 Å². The fourth-order valence-corrected chi connectivity index (χ4v) is 1.88. The number of hydrogen-bond acceptors (Lipinski definition) is 3. The highest BCUT2D eigenvalue weighted by Gasteiger charge is 2.28. The number of rotatable bonds is 5. The fourth-order valence-electron chi connectivity index (χ4n) is 1.88. The smallest absolute Gasteiger partial charge is 0.0744 e. The maximum Gasteiger partial charge on any atom is 0.0744 e. The van der Waals surface area contributed by atoms with Crippen LogP contribution in [0.1, 0.15) is 33.6 Å². The van der Waals surface area contributed by atoms with Gasteiger partial charge < -0.3 is 15.8 Å². The minimum atomic E-state index is 0.328. The molecule has 0 aromatic carbocycles. The molecule has 0 aromatic heterocycles. The molecule has 0 amide bonds. The van der Waals surface area contributed by atoms with E-state index in [1.165, 1.54) is 6.42 Å². The summed E-state index contributed by atoms with van der Waals surface area (Å²) in [7, 11) is 0. The van der Waals surface area contributed by atoms with Crippen molar-refractivity contribution in [3.63, 3.8) is 0 Å². The summed E-state index contributed by atoms with van der Waals surface area (Å²) >= 11 is 0. The summed E-state index contributed by atoms with van der Waals surface area (Å²) in [6.07, 6.45) is 3.06. The van der Waals surface area contributed by atoms with Crippen molar-refractivity contribution in [2.24, 2.45) is 11.7 Å². The SMILES string of the molecule is CC(C)CNC(CN)C1CCC(C)O1. The molecule has 3 unspecified atom stereocenters. The summed E-state index contributed by atoms with van der Waals surface area (Å²) in [6.45, 7) is 8.24. The number of nitrogens with one attached hydrogen (secondary N) is 1. The highest BCUT2D eigenvalue weighted by atomic mass is 16.5. The molecule has 1 aliphatic heterocycles. The third kappa shape index (κ3) is 3.56. The molecule has 3 N–H and O–H groups in total. The van der Waals surface area contributed by atoms with E-state index in [1.807, 2.05) is 0 Å². The van der Waals surface area contributed by atoms with Crippen molar-refractivity contribution in [2.45, 2.75) is 51.9 Å². The molecule has 0 spiro atoms. The molecule has 3 heteroatoms. The van der Waals surface area contributed by atoms with Gasteiger partial charge in [-0.2, -0.15) is 0 Å². The normalized spacial score (nSPS) is 29.8. The van der Waals surface area contributed by atoms with Crippen LogP contribution >= 0.6 is 0 Å². The lowest BCUT2D eigenvalue weighted by molar-refractivity contribution is 0.0333.